The van der Waals surface area contributed by atoms with Crippen molar-refractivity contribution in [1.29, 1.82) is 0 Å². The molecule has 0 saturated heterocycles. The Labute approximate surface area is 167 Å². The maximum absolute atomic E-state index is 12.5. The largest absolute Gasteiger partial charge is 0.295 e. The molecule has 1 aromatic carbocycles. The van der Waals surface area contributed by atoms with Crippen molar-refractivity contribution in [3.63, 3.8) is 0 Å². The van der Waals surface area contributed by atoms with E-state index in [1.54, 1.807) is 0 Å². The molecule has 0 radical (unpaired) electrons. The Kier molecular flexibility index (Phi) is 5.35. The minimum atomic E-state index is 0.209. The van der Waals surface area contributed by atoms with E-state index in [1.807, 2.05) is 0 Å². The zero-order valence-electron chi connectivity index (χ0n) is 11.7. The minimum Gasteiger partial charge on any atom is -0.295 e. The van der Waals surface area contributed by atoms with Gasteiger partial charge in [-0.15, -0.1) is 0 Å². The number of rotatable bonds is 4. The quantitative estimate of drug-likeness (QED) is 0.333. The molecule has 21 heavy (non-hydrogen) atoms. The molecule has 3 rings (SSSR count). The lowest BCUT2D eigenvalue weighted by Crippen LogP contribution is -2.38. The number of ketones is 1. The van der Waals surface area contributed by atoms with E-state index in [9.17, 15) is 4.79 Å². The van der Waals surface area contributed by atoms with Crippen LogP contribution in [0.4, 0.5) is 0 Å². The third-order valence-electron chi connectivity index (χ3n) is 5.01. The molecule has 0 aliphatic heterocycles. The lowest BCUT2D eigenvalue weighted by Gasteiger charge is -2.41. The first kappa shape index (κ1) is 16.7. The number of hydrogen-bond donors (Lipinski definition) is 0. The van der Waals surface area contributed by atoms with Gasteiger partial charge < -0.3 is 0 Å². The maximum Gasteiger partial charge on any atom is 0.159 e. The third kappa shape index (κ3) is 2.64. The topological polar surface area (TPSA) is 17.1 Å². The summed E-state index contributed by atoms with van der Waals surface area (Å²) in [5.41, 5.74) is 5.52. The zero-order valence-corrected chi connectivity index (χ0v) is 18.1. The molecule has 1 aromatic rings. The maximum atomic E-state index is 12.5. The molecule has 4 heteroatoms. The fourth-order valence-corrected chi connectivity index (χ4v) is 8.26. The summed E-state index contributed by atoms with van der Waals surface area (Å²) in [5.74, 6) is 1.04. The van der Waals surface area contributed by atoms with Crippen LogP contribution >= 0.6 is 67.8 Å². The molecule has 0 amide bonds. The molecule has 0 N–H and O–H groups in total. The first-order valence-electron chi connectivity index (χ1n) is 7.21. The number of benzene rings is 1. The number of hydrogen-bond acceptors (Lipinski definition) is 1. The fourth-order valence-electron chi connectivity index (χ4n) is 3.95. The van der Waals surface area contributed by atoms with Gasteiger partial charge in [0.25, 0.3) is 0 Å². The summed E-state index contributed by atoms with van der Waals surface area (Å²) < 4.78 is 3.18. The summed E-state index contributed by atoms with van der Waals surface area (Å²) in [7, 11) is 0. The van der Waals surface area contributed by atoms with Gasteiger partial charge >= 0.3 is 0 Å². The molecule has 112 valence electrons. The third-order valence-corrected chi connectivity index (χ3v) is 7.90. The van der Waals surface area contributed by atoms with Crippen LogP contribution in [0.25, 0.3) is 5.57 Å². The molecule has 2 aliphatic carbocycles. The average molecular weight is 618 g/mol. The van der Waals surface area contributed by atoms with Crippen LogP contribution < -0.4 is 0 Å². The van der Waals surface area contributed by atoms with Crippen LogP contribution in [0.2, 0.25) is 0 Å². The smallest absolute Gasteiger partial charge is 0.159 e. The Balaban J connectivity index is 2.26. The second-order valence-corrected chi connectivity index (χ2v) is 8.43. The minimum absolute atomic E-state index is 0.209. The van der Waals surface area contributed by atoms with Gasteiger partial charge in [0.1, 0.15) is 0 Å². The Hall–Kier alpha value is 0.820. The van der Waals surface area contributed by atoms with Gasteiger partial charge in [0, 0.05) is 30.7 Å². The molecule has 1 unspecified atom stereocenters. The first-order valence-corrected chi connectivity index (χ1v) is 11.8. The van der Waals surface area contributed by atoms with Crippen LogP contribution in [0.15, 0.2) is 29.8 Å². The highest BCUT2D eigenvalue weighted by Gasteiger charge is 2.50. The Bertz CT molecular complexity index is 604. The molecule has 0 fully saturated rings. The average Bonchev–Trinajstić information content (AvgIpc) is 2.84. The first-order chi connectivity index (χ1) is 10.2. The van der Waals surface area contributed by atoms with Crippen molar-refractivity contribution in [2.24, 2.45) is 11.3 Å². The number of halogens is 3. The highest BCUT2D eigenvalue weighted by Crippen LogP contribution is 2.58. The fraction of sp³-hybridized carbons (Fsp3) is 0.471. The van der Waals surface area contributed by atoms with Crippen molar-refractivity contribution in [3.8, 4) is 0 Å². The van der Waals surface area contributed by atoms with Gasteiger partial charge in [-0.05, 0) is 35.5 Å². The number of alkyl halides is 3. The van der Waals surface area contributed by atoms with Gasteiger partial charge in [-0.2, -0.15) is 0 Å². The molecular formula is C17H17I3O. The Morgan fingerprint density at radius 2 is 1.86 bits per heavy atom. The number of allylic oxidation sites excluding steroid dienone is 2. The van der Waals surface area contributed by atoms with E-state index in [0.29, 0.717) is 11.7 Å². The van der Waals surface area contributed by atoms with E-state index >= 15 is 0 Å². The van der Waals surface area contributed by atoms with Gasteiger partial charge in [0.2, 0.25) is 0 Å². The van der Waals surface area contributed by atoms with Gasteiger partial charge in [-0.1, -0.05) is 92.0 Å². The van der Waals surface area contributed by atoms with Crippen LogP contribution in [0, 0.1) is 11.3 Å². The van der Waals surface area contributed by atoms with E-state index in [-0.39, 0.29) is 5.41 Å². The molecule has 0 saturated carbocycles. The lowest BCUT2D eigenvalue weighted by atomic mass is 9.64. The Morgan fingerprint density at radius 3 is 2.52 bits per heavy atom. The van der Waals surface area contributed by atoms with Crippen molar-refractivity contribution in [1.82, 2.24) is 0 Å². The van der Waals surface area contributed by atoms with Crippen LogP contribution in [0.5, 0.6) is 0 Å². The summed E-state index contributed by atoms with van der Waals surface area (Å²) in [6.45, 7) is 0. The van der Waals surface area contributed by atoms with Crippen molar-refractivity contribution in [2.45, 2.75) is 19.3 Å². The molecule has 0 aromatic heterocycles. The van der Waals surface area contributed by atoms with Gasteiger partial charge in [-0.3, -0.25) is 4.79 Å². The highest BCUT2D eigenvalue weighted by molar-refractivity contribution is 14.1. The number of fused-ring (bicyclic) bond motifs is 3. The van der Waals surface area contributed by atoms with Crippen LogP contribution in [0.1, 0.15) is 24.0 Å². The van der Waals surface area contributed by atoms with Gasteiger partial charge in [0.15, 0.2) is 5.78 Å². The highest BCUT2D eigenvalue weighted by atomic mass is 127. The summed E-state index contributed by atoms with van der Waals surface area (Å²) in [6.07, 6.45) is 2.90. The predicted octanol–water partition coefficient (Wildman–Crippen LogP) is 5.27. The van der Waals surface area contributed by atoms with Crippen LogP contribution in [0.3, 0.4) is 0 Å². The molecule has 1 nitrogen and oxygen atoms in total. The Morgan fingerprint density at radius 1 is 1.14 bits per heavy atom. The summed E-state index contributed by atoms with van der Waals surface area (Å²) >= 11 is 7.43. The normalized spacial score (nSPS) is 24.5. The van der Waals surface area contributed by atoms with Gasteiger partial charge in [0.05, 0.1) is 0 Å². The van der Waals surface area contributed by atoms with E-state index in [4.69, 9.17) is 0 Å². The van der Waals surface area contributed by atoms with E-state index in [2.05, 4.69) is 92.0 Å². The second-order valence-electron chi connectivity index (χ2n) is 5.91. The monoisotopic (exact) mass is 618 g/mol. The predicted molar refractivity (Wildman–Crippen MR) is 114 cm³/mol. The van der Waals surface area contributed by atoms with Gasteiger partial charge in [-0.25, -0.2) is 0 Å². The van der Waals surface area contributed by atoms with Crippen LogP contribution in [-0.4, -0.2) is 19.1 Å². The molecule has 0 heterocycles. The van der Waals surface area contributed by atoms with E-state index in [1.165, 1.54) is 25.6 Å². The molecular weight excluding hydrogens is 601 g/mol. The molecule has 1 atom stereocenters. The van der Waals surface area contributed by atoms with Crippen molar-refractivity contribution in [2.75, 3.05) is 13.3 Å². The second kappa shape index (κ2) is 6.75. The van der Waals surface area contributed by atoms with Crippen LogP contribution in [-0.2, 0) is 11.2 Å². The lowest BCUT2D eigenvalue weighted by molar-refractivity contribution is -0.116. The van der Waals surface area contributed by atoms with Crippen molar-refractivity contribution in [3.05, 3.63) is 41.0 Å². The standard InChI is InChI=1S/C17H17I3O/c18-8-12(9-19)17-6-5-15(21)14(10-20)16(17)13-4-2-1-3-11(13)7-17/h1-4,12H,5-10H2. The van der Waals surface area contributed by atoms with E-state index < -0.39 is 0 Å². The van der Waals surface area contributed by atoms with Crippen molar-refractivity contribution < 1.29 is 4.79 Å². The number of carbonyl (C=O) groups excluding carboxylic acids is 1. The summed E-state index contributed by atoms with van der Waals surface area (Å²) in [4.78, 5) is 12.5. The zero-order chi connectivity index (χ0) is 15.0. The molecule has 2 aliphatic rings. The van der Waals surface area contributed by atoms with Crippen molar-refractivity contribution >= 4 is 79.1 Å². The summed E-state index contributed by atoms with van der Waals surface area (Å²) in [5, 5.41) is 0. The number of carbonyl (C=O) groups is 1. The SMILES string of the molecule is O=C1CCC2(C(CI)CI)Cc3ccccc3C2=C1CI. The van der Waals surface area contributed by atoms with E-state index in [0.717, 1.165) is 29.3 Å². The molecule has 0 spiro atoms. The number of Topliss-reactive ketones (excluding diaryl/α,β-unsaturated/α-hetero) is 1. The molecule has 0 bridgehead atoms. The summed E-state index contributed by atoms with van der Waals surface area (Å²) in [6, 6.07) is 8.75.